The van der Waals surface area contributed by atoms with E-state index in [1.54, 1.807) is 6.07 Å². The van der Waals surface area contributed by atoms with Gasteiger partial charge in [-0.15, -0.1) is 10.2 Å². The molecule has 0 fully saturated rings. The standard InChI is InChI=1S/C19H16ClN5O3S2/c1-11-8-13(12(2)25(11)16-7-5-4-6-15(16)20)9-14(10-21)17(26)22-18-23-24-19(29-18)30(3,27)28/h4-9H,1-3H3,(H,22,23,26)/b14-9-. The summed E-state index contributed by atoms with van der Waals surface area (Å²) in [5, 5.41) is 19.6. The molecule has 1 amide bonds. The van der Waals surface area contributed by atoms with Crippen molar-refractivity contribution in [1.82, 2.24) is 14.8 Å². The third kappa shape index (κ3) is 4.43. The second kappa shape index (κ2) is 8.39. The molecule has 11 heteroatoms. The van der Waals surface area contributed by atoms with Gasteiger partial charge in [-0.3, -0.25) is 10.1 Å². The van der Waals surface area contributed by atoms with E-state index >= 15 is 0 Å². The third-order valence-electron chi connectivity index (χ3n) is 4.17. The molecule has 154 valence electrons. The number of para-hydroxylation sites is 1. The number of nitrogens with one attached hydrogen (secondary N) is 1. The molecule has 2 aromatic heterocycles. The van der Waals surface area contributed by atoms with Crippen molar-refractivity contribution < 1.29 is 13.2 Å². The lowest BCUT2D eigenvalue weighted by atomic mass is 10.1. The number of aromatic nitrogens is 3. The second-order valence-electron chi connectivity index (χ2n) is 6.38. The molecule has 0 saturated carbocycles. The van der Waals surface area contributed by atoms with Crippen LogP contribution in [-0.2, 0) is 14.6 Å². The predicted molar refractivity (Wildman–Crippen MR) is 115 cm³/mol. The lowest BCUT2D eigenvalue weighted by molar-refractivity contribution is -0.112. The van der Waals surface area contributed by atoms with Gasteiger partial charge in [0, 0.05) is 17.6 Å². The number of anilines is 1. The van der Waals surface area contributed by atoms with E-state index in [9.17, 15) is 18.5 Å². The maximum atomic E-state index is 12.5. The molecule has 8 nitrogen and oxygen atoms in total. The van der Waals surface area contributed by atoms with E-state index in [1.807, 2.05) is 48.7 Å². The fourth-order valence-corrected chi connectivity index (χ4v) is 4.54. The number of nitriles is 1. The molecular weight excluding hydrogens is 446 g/mol. The molecule has 3 rings (SSSR count). The fourth-order valence-electron chi connectivity index (χ4n) is 2.82. The normalized spacial score (nSPS) is 11.9. The summed E-state index contributed by atoms with van der Waals surface area (Å²) in [6, 6.07) is 11.1. The monoisotopic (exact) mass is 461 g/mol. The summed E-state index contributed by atoms with van der Waals surface area (Å²) in [4.78, 5) is 12.5. The van der Waals surface area contributed by atoms with Gasteiger partial charge in [-0.25, -0.2) is 8.42 Å². The Kier molecular flexibility index (Phi) is 6.07. The number of halogens is 1. The highest BCUT2D eigenvalue weighted by atomic mass is 35.5. The van der Waals surface area contributed by atoms with Gasteiger partial charge in [0.1, 0.15) is 11.6 Å². The highest BCUT2D eigenvalue weighted by Crippen LogP contribution is 2.27. The Hall–Kier alpha value is -3.00. The van der Waals surface area contributed by atoms with Gasteiger partial charge in [-0.1, -0.05) is 35.1 Å². The Morgan fingerprint density at radius 2 is 2.00 bits per heavy atom. The maximum Gasteiger partial charge on any atom is 0.268 e. The molecule has 3 aromatic rings. The quantitative estimate of drug-likeness (QED) is 0.352. The van der Waals surface area contributed by atoms with Gasteiger partial charge in [0.05, 0.1) is 10.7 Å². The molecule has 0 unspecified atom stereocenters. The van der Waals surface area contributed by atoms with Crippen LogP contribution in [0.5, 0.6) is 0 Å². The molecule has 0 radical (unpaired) electrons. The first-order valence-electron chi connectivity index (χ1n) is 8.52. The molecule has 0 atom stereocenters. The van der Waals surface area contributed by atoms with Crippen LogP contribution in [0.15, 0.2) is 40.2 Å². The van der Waals surface area contributed by atoms with Crippen LogP contribution in [-0.4, -0.2) is 35.3 Å². The van der Waals surface area contributed by atoms with E-state index in [0.29, 0.717) is 21.9 Å². The zero-order valence-electron chi connectivity index (χ0n) is 16.2. The van der Waals surface area contributed by atoms with Crippen LogP contribution >= 0.6 is 22.9 Å². The summed E-state index contributed by atoms with van der Waals surface area (Å²) in [6.45, 7) is 3.76. The summed E-state index contributed by atoms with van der Waals surface area (Å²) in [6.07, 6.45) is 2.46. The highest BCUT2D eigenvalue weighted by Gasteiger charge is 2.18. The largest absolute Gasteiger partial charge is 0.316 e. The van der Waals surface area contributed by atoms with Crippen LogP contribution in [0.4, 0.5) is 5.13 Å². The van der Waals surface area contributed by atoms with Crippen LogP contribution in [0.1, 0.15) is 17.0 Å². The summed E-state index contributed by atoms with van der Waals surface area (Å²) in [5.74, 6) is -0.712. The predicted octanol–water partition coefficient (Wildman–Crippen LogP) is 3.55. The Labute approximate surface area is 182 Å². The molecule has 0 aliphatic rings. The van der Waals surface area contributed by atoms with E-state index in [0.717, 1.165) is 23.3 Å². The van der Waals surface area contributed by atoms with E-state index in [-0.39, 0.29) is 15.0 Å². The van der Waals surface area contributed by atoms with Crippen LogP contribution in [0.25, 0.3) is 11.8 Å². The Balaban J connectivity index is 1.92. The van der Waals surface area contributed by atoms with Crippen LogP contribution in [0, 0.1) is 25.2 Å². The van der Waals surface area contributed by atoms with Gasteiger partial charge >= 0.3 is 0 Å². The molecule has 2 heterocycles. The molecule has 0 bridgehead atoms. The van der Waals surface area contributed by atoms with Crippen LogP contribution < -0.4 is 5.32 Å². The number of carbonyl (C=O) groups is 1. The number of hydrogen-bond donors (Lipinski definition) is 1. The van der Waals surface area contributed by atoms with Gasteiger partial charge in [0.15, 0.2) is 0 Å². The number of hydrogen-bond acceptors (Lipinski definition) is 7. The van der Waals surface area contributed by atoms with Crippen molar-refractivity contribution in [3.63, 3.8) is 0 Å². The van der Waals surface area contributed by atoms with E-state index in [2.05, 4.69) is 15.5 Å². The number of nitrogens with zero attached hydrogens (tertiary/aromatic N) is 4. The smallest absolute Gasteiger partial charge is 0.268 e. The summed E-state index contributed by atoms with van der Waals surface area (Å²) < 4.78 is 24.7. The van der Waals surface area contributed by atoms with Gasteiger partial charge in [-0.05, 0) is 43.7 Å². The summed E-state index contributed by atoms with van der Waals surface area (Å²) >= 11 is 7.03. The average Bonchev–Trinajstić information content (AvgIpc) is 3.25. The minimum atomic E-state index is -3.53. The van der Waals surface area contributed by atoms with Gasteiger partial charge < -0.3 is 4.57 Å². The van der Waals surface area contributed by atoms with Gasteiger partial charge in [0.2, 0.25) is 19.3 Å². The number of sulfone groups is 1. The topological polar surface area (TPSA) is 118 Å². The molecular formula is C19H16ClN5O3S2. The molecule has 0 aliphatic carbocycles. The molecule has 0 saturated heterocycles. The summed E-state index contributed by atoms with van der Waals surface area (Å²) in [5.41, 5.74) is 2.99. The lowest BCUT2D eigenvalue weighted by Crippen LogP contribution is -2.13. The zero-order valence-corrected chi connectivity index (χ0v) is 18.6. The highest BCUT2D eigenvalue weighted by molar-refractivity contribution is 7.92. The lowest BCUT2D eigenvalue weighted by Gasteiger charge is -2.11. The number of benzene rings is 1. The number of carbonyl (C=O) groups excluding carboxylic acids is 1. The Morgan fingerprint density at radius 3 is 2.60 bits per heavy atom. The van der Waals surface area contributed by atoms with Crippen LogP contribution in [0.2, 0.25) is 5.02 Å². The minimum absolute atomic E-state index is 0.0110. The third-order valence-corrected chi connectivity index (χ3v) is 7.00. The Bertz CT molecular complexity index is 1320. The fraction of sp³-hybridized carbons (Fsp3) is 0.158. The SMILES string of the molecule is Cc1cc(/C=C(/C#N)C(=O)Nc2nnc(S(C)(=O)=O)s2)c(C)n1-c1ccccc1Cl. The number of amides is 1. The second-order valence-corrected chi connectivity index (χ2v) is 9.96. The van der Waals surface area contributed by atoms with Crippen LogP contribution in [0.3, 0.4) is 0 Å². The summed E-state index contributed by atoms with van der Waals surface area (Å²) in [7, 11) is -3.53. The van der Waals surface area contributed by atoms with Crippen molar-refractivity contribution in [2.45, 2.75) is 18.2 Å². The van der Waals surface area contributed by atoms with Crippen molar-refractivity contribution in [3.8, 4) is 11.8 Å². The Morgan fingerprint density at radius 1 is 1.30 bits per heavy atom. The van der Waals surface area contributed by atoms with Gasteiger partial charge in [0.25, 0.3) is 5.91 Å². The first-order valence-corrected chi connectivity index (χ1v) is 11.6. The van der Waals surface area contributed by atoms with Crippen molar-refractivity contribution in [2.75, 3.05) is 11.6 Å². The zero-order chi connectivity index (χ0) is 22.1. The molecule has 1 aromatic carbocycles. The molecule has 0 spiro atoms. The average molecular weight is 462 g/mol. The molecule has 0 aliphatic heterocycles. The maximum absolute atomic E-state index is 12.5. The van der Waals surface area contributed by atoms with Gasteiger partial charge in [-0.2, -0.15) is 5.26 Å². The number of rotatable bonds is 5. The first-order chi connectivity index (χ1) is 14.1. The van der Waals surface area contributed by atoms with Crippen molar-refractivity contribution in [1.29, 1.82) is 5.26 Å². The van der Waals surface area contributed by atoms with E-state index in [1.165, 1.54) is 6.08 Å². The van der Waals surface area contributed by atoms with E-state index < -0.39 is 15.7 Å². The number of aryl methyl sites for hydroxylation is 1. The molecule has 30 heavy (non-hydrogen) atoms. The first kappa shape index (κ1) is 21.7. The minimum Gasteiger partial charge on any atom is -0.316 e. The van der Waals surface area contributed by atoms with E-state index in [4.69, 9.17) is 11.6 Å². The van der Waals surface area contributed by atoms with Crippen molar-refractivity contribution >= 4 is 49.9 Å². The molecule has 1 N–H and O–H groups in total. The van der Waals surface area contributed by atoms with Crippen molar-refractivity contribution in [3.05, 3.63) is 57.9 Å². The van der Waals surface area contributed by atoms with Crippen molar-refractivity contribution in [2.24, 2.45) is 0 Å².